The van der Waals surface area contributed by atoms with Crippen molar-refractivity contribution in [1.82, 2.24) is 0 Å². The molecule has 0 heterocycles. The topological polar surface area (TPSA) is 35.2 Å². The van der Waals surface area contributed by atoms with Crippen molar-refractivity contribution in [1.29, 1.82) is 0 Å². The highest BCUT2D eigenvalue weighted by Crippen LogP contribution is 2.31. The Labute approximate surface area is 115 Å². The molecule has 0 aliphatic heterocycles. The van der Waals surface area contributed by atoms with Crippen LogP contribution in [-0.4, -0.2) is 0 Å². The molecule has 0 amide bonds. The van der Waals surface area contributed by atoms with Crippen molar-refractivity contribution in [2.45, 2.75) is 32.8 Å². The normalized spacial score (nSPS) is 11.3. The van der Waals surface area contributed by atoms with Gasteiger partial charge in [0, 0.05) is 5.69 Å². The molecule has 0 atom stereocenters. The van der Waals surface area contributed by atoms with Crippen LogP contribution < -0.4 is 10.5 Å². The number of para-hydroxylation sites is 1. The summed E-state index contributed by atoms with van der Waals surface area (Å²) in [7, 11) is 0. The molecule has 0 aliphatic rings. The van der Waals surface area contributed by atoms with E-state index in [0.29, 0.717) is 6.61 Å². The predicted octanol–water partition coefficient (Wildman–Crippen LogP) is 4.15. The van der Waals surface area contributed by atoms with Crippen LogP contribution in [0.15, 0.2) is 48.5 Å². The lowest BCUT2D eigenvalue weighted by Crippen LogP contribution is -2.13. The first kappa shape index (κ1) is 13.5. The molecule has 0 aliphatic carbocycles. The largest absolute Gasteiger partial charge is 0.489 e. The van der Waals surface area contributed by atoms with Crippen LogP contribution in [-0.2, 0) is 12.0 Å². The lowest BCUT2D eigenvalue weighted by molar-refractivity contribution is 0.297. The molecular formula is C17H21NO. The Balaban J connectivity index is 2.14. The van der Waals surface area contributed by atoms with Gasteiger partial charge in [0.15, 0.2) is 0 Å². The van der Waals surface area contributed by atoms with E-state index in [1.807, 2.05) is 36.4 Å². The van der Waals surface area contributed by atoms with Crippen LogP contribution in [0.1, 0.15) is 31.9 Å². The maximum Gasteiger partial charge on any atom is 0.123 e. The second-order valence-corrected chi connectivity index (χ2v) is 5.78. The van der Waals surface area contributed by atoms with Gasteiger partial charge >= 0.3 is 0 Å². The molecule has 2 aromatic carbocycles. The highest BCUT2D eigenvalue weighted by Gasteiger charge is 2.18. The summed E-state index contributed by atoms with van der Waals surface area (Å²) in [6, 6.07) is 16.0. The van der Waals surface area contributed by atoms with Gasteiger partial charge in [-0.2, -0.15) is 0 Å². The van der Waals surface area contributed by atoms with Gasteiger partial charge < -0.3 is 10.5 Å². The average molecular weight is 255 g/mol. The lowest BCUT2D eigenvalue weighted by Gasteiger charge is -2.22. The monoisotopic (exact) mass is 255 g/mol. The fourth-order valence-electron chi connectivity index (χ4n) is 1.99. The smallest absolute Gasteiger partial charge is 0.123 e. The maximum absolute atomic E-state index is 5.95. The third-order valence-electron chi connectivity index (χ3n) is 3.07. The zero-order valence-corrected chi connectivity index (χ0v) is 11.8. The Kier molecular flexibility index (Phi) is 3.79. The van der Waals surface area contributed by atoms with Crippen molar-refractivity contribution in [2.75, 3.05) is 5.73 Å². The van der Waals surface area contributed by atoms with Gasteiger partial charge in [0.2, 0.25) is 0 Å². The summed E-state index contributed by atoms with van der Waals surface area (Å²) < 4.78 is 5.95. The predicted molar refractivity (Wildman–Crippen MR) is 80.3 cm³/mol. The van der Waals surface area contributed by atoms with E-state index in [2.05, 4.69) is 32.9 Å². The van der Waals surface area contributed by atoms with Gasteiger partial charge in [0.1, 0.15) is 12.4 Å². The molecule has 0 unspecified atom stereocenters. The lowest BCUT2D eigenvalue weighted by atomic mass is 9.86. The van der Waals surface area contributed by atoms with E-state index in [-0.39, 0.29) is 5.41 Å². The van der Waals surface area contributed by atoms with E-state index in [9.17, 15) is 0 Å². The summed E-state index contributed by atoms with van der Waals surface area (Å²) in [5, 5.41) is 0. The zero-order valence-electron chi connectivity index (χ0n) is 11.8. The number of anilines is 1. The van der Waals surface area contributed by atoms with Crippen molar-refractivity contribution in [3.8, 4) is 5.75 Å². The van der Waals surface area contributed by atoms with Crippen LogP contribution in [0.5, 0.6) is 5.75 Å². The minimum atomic E-state index is 0.0811. The molecule has 0 bridgehead atoms. The molecule has 2 aromatic rings. The molecule has 2 nitrogen and oxygen atoms in total. The van der Waals surface area contributed by atoms with Gasteiger partial charge in [-0.3, -0.25) is 0 Å². The van der Waals surface area contributed by atoms with Gasteiger partial charge in [-0.25, -0.2) is 0 Å². The fourth-order valence-corrected chi connectivity index (χ4v) is 1.99. The van der Waals surface area contributed by atoms with E-state index in [1.54, 1.807) is 0 Å². The average Bonchev–Trinajstić information content (AvgIpc) is 2.37. The molecule has 2 rings (SSSR count). The van der Waals surface area contributed by atoms with Crippen LogP contribution in [0.3, 0.4) is 0 Å². The van der Waals surface area contributed by atoms with Crippen molar-refractivity contribution in [3.63, 3.8) is 0 Å². The van der Waals surface area contributed by atoms with Crippen molar-refractivity contribution in [2.24, 2.45) is 0 Å². The number of rotatable bonds is 3. The first-order chi connectivity index (χ1) is 8.97. The Morgan fingerprint density at radius 2 is 1.58 bits per heavy atom. The second-order valence-electron chi connectivity index (χ2n) is 5.78. The van der Waals surface area contributed by atoms with Crippen LogP contribution in [0.2, 0.25) is 0 Å². The number of nitrogen functional groups attached to an aromatic ring is 1. The minimum Gasteiger partial charge on any atom is -0.489 e. The maximum atomic E-state index is 5.95. The fraction of sp³-hybridized carbons (Fsp3) is 0.294. The number of hydrogen-bond acceptors (Lipinski definition) is 2. The Hall–Kier alpha value is -1.96. The summed E-state index contributed by atoms with van der Waals surface area (Å²) in [4.78, 5) is 0. The molecule has 2 N–H and O–H groups in total. The van der Waals surface area contributed by atoms with Crippen LogP contribution in [0.4, 0.5) is 5.69 Å². The molecule has 0 radical (unpaired) electrons. The van der Waals surface area contributed by atoms with Gasteiger partial charge in [0.05, 0.1) is 0 Å². The third-order valence-corrected chi connectivity index (χ3v) is 3.07. The second kappa shape index (κ2) is 5.35. The SMILES string of the molecule is CC(C)(C)c1ccccc1OCc1ccc(N)cc1. The Bertz CT molecular complexity index is 538. The van der Waals surface area contributed by atoms with E-state index < -0.39 is 0 Å². The van der Waals surface area contributed by atoms with Gasteiger partial charge in [-0.1, -0.05) is 51.1 Å². The van der Waals surface area contributed by atoms with Crippen molar-refractivity contribution in [3.05, 3.63) is 59.7 Å². The molecule has 2 heteroatoms. The van der Waals surface area contributed by atoms with E-state index in [1.165, 1.54) is 5.56 Å². The van der Waals surface area contributed by atoms with Crippen LogP contribution >= 0.6 is 0 Å². The molecule has 100 valence electrons. The van der Waals surface area contributed by atoms with E-state index >= 15 is 0 Å². The summed E-state index contributed by atoms with van der Waals surface area (Å²) in [6.07, 6.45) is 0. The number of ether oxygens (including phenoxy) is 1. The van der Waals surface area contributed by atoms with Gasteiger partial charge in [0.25, 0.3) is 0 Å². The standard InChI is InChI=1S/C17H21NO/c1-17(2,3)15-6-4-5-7-16(15)19-12-13-8-10-14(18)11-9-13/h4-11H,12,18H2,1-3H3. The molecule has 0 fully saturated rings. The van der Waals surface area contributed by atoms with Gasteiger partial charge in [-0.15, -0.1) is 0 Å². The number of nitrogens with two attached hydrogens (primary N) is 1. The molecule has 0 saturated heterocycles. The summed E-state index contributed by atoms with van der Waals surface area (Å²) in [5.41, 5.74) is 8.88. The number of benzene rings is 2. The van der Waals surface area contributed by atoms with Crippen molar-refractivity contribution < 1.29 is 4.74 Å². The zero-order chi connectivity index (χ0) is 13.9. The minimum absolute atomic E-state index is 0.0811. The van der Waals surface area contributed by atoms with Gasteiger partial charge in [-0.05, 0) is 34.7 Å². The Morgan fingerprint density at radius 3 is 2.21 bits per heavy atom. The first-order valence-corrected chi connectivity index (χ1v) is 6.53. The molecule has 19 heavy (non-hydrogen) atoms. The summed E-state index contributed by atoms with van der Waals surface area (Å²) in [6.45, 7) is 7.14. The van der Waals surface area contributed by atoms with Crippen LogP contribution in [0, 0.1) is 0 Å². The van der Waals surface area contributed by atoms with Crippen LogP contribution in [0.25, 0.3) is 0 Å². The summed E-state index contributed by atoms with van der Waals surface area (Å²) in [5.74, 6) is 0.951. The highest BCUT2D eigenvalue weighted by molar-refractivity contribution is 5.40. The molecule has 0 aromatic heterocycles. The summed E-state index contributed by atoms with van der Waals surface area (Å²) >= 11 is 0. The quantitative estimate of drug-likeness (QED) is 0.836. The van der Waals surface area contributed by atoms with E-state index in [4.69, 9.17) is 10.5 Å². The first-order valence-electron chi connectivity index (χ1n) is 6.53. The molecular weight excluding hydrogens is 234 g/mol. The number of hydrogen-bond donors (Lipinski definition) is 1. The highest BCUT2D eigenvalue weighted by atomic mass is 16.5. The third kappa shape index (κ3) is 3.50. The molecule has 0 spiro atoms. The Morgan fingerprint density at radius 1 is 0.947 bits per heavy atom. The van der Waals surface area contributed by atoms with E-state index in [0.717, 1.165) is 17.0 Å². The van der Waals surface area contributed by atoms with Crippen molar-refractivity contribution >= 4 is 5.69 Å². The molecule has 0 saturated carbocycles.